The molecule has 0 bridgehead atoms. The van der Waals surface area contributed by atoms with Crippen LogP contribution >= 0.6 is 0 Å². The van der Waals surface area contributed by atoms with Crippen LogP contribution in [0.5, 0.6) is 0 Å². The van der Waals surface area contributed by atoms with Crippen LogP contribution in [0.15, 0.2) is 48.5 Å². The van der Waals surface area contributed by atoms with Crippen LogP contribution in [0.1, 0.15) is 30.0 Å². The fourth-order valence-electron chi connectivity index (χ4n) is 3.77. The van der Waals surface area contributed by atoms with Gasteiger partial charge in [-0.05, 0) is 24.5 Å². The molecule has 2 unspecified atom stereocenters. The van der Waals surface area contributed by atoms with E-state index in [4.69, 9.17) is 4.74 Å². The first-order valence-electron chi connectivity index (χ1n) is 9.58. The third-order valence-corrected chi connectivity index (χ3v) is 5.23. The van der Waals surface area contributed by atoms with Crippen LogP contribution < -0.4 is 5.32 Å². The number of benzene rings is 2. The molecule has 1 saturated heterocycles. The Kier molecular flexibility index (Phi) is 7.12. The summed E-state index contributed by atoms with van der Waals surface area (Å²) in [4.78, 5) is 14.6. The van der Waals surface area contributed by atoms with E-state index in [2.05, 4.69) is 22.3 Å². The summed E-state index contributed by atoms with van der Waals surface area (Å²) >= 11 is 0. The smallest absolute Gasteiger partial charge is 0.224 e. The van der Waals surface area contributed by atoms with E-state index in [9.17, 15) is 13.6 Å². The SMILES string of the molecule is COCCNC(=O)C1CCC(c2ccccc2)N(Cc2ccc(F)cc2F)C1. The Morgan fingerprint density at radius 2 is 1.96 bits per heavy atom. The van der Waals surface area contributed by atoms with Crippen molar-refractivity contribution in [1.82, 2.24) is 10.2 Å². The molecule has 1 aliphatic heterocycles. The van der Waals surface area contributed by atoms with Gasteiger partial charge in [0.2, 0.25) is 5.91 Å². The van der Waals surface area contributed by atoms with Gasteiger partial charge in [-0.1, -0.05) is 36.4 Å². The lowest BCUT2D eigenvalue weighted by atomic mass is 9.88. The van der Waals surface area contributed by atoms with Crippen LogP contribution in [-0.4, -0.2) is 37.6 Å². The molecule has 0 radical (unpaired) electrons. The molecule has 1 N–H and O–H groups in total. The Bertz CT molecular complexity index is 785. The van der Waals surface area contributed by atoms with E-state index in [1.54, 1.807) is 7.11 Å². The van der Waals surface area contributed by atoms with Gasteiger partial charge in [0.15, 0.2) is 0 Å². The molecule has 1 fully saturated rings. The maximum Gasteiger partial charge on any atom is 0.224 e. The molecule has 1 aliphatic rings. The number of nitrogens with zero attached hydrogens (tertiary/aromatic N) is 1. The van der Waals surface area contributed by atoms with Gasteiger partial charge in [-0.2, -0.15) is 0 Å². The molecule has 1 amide bonds. The molecular formula is C22H26F2N2O2. The van der Waals surface area contributed by atoms with Crippen molar-refractivity contribution in [2.75, 3.05) is 26.8 Å². The van der Waals surface area contributed by atoms with Crippen molar-refractivity contribution in [2.45, 2.75) is 25.4 Å². The van der Waals surface area contributed by atoms with Crippen LogP contribution in [0, 0.1) is 17.6 Å². The molecule has 0 spiro atoms. The van der Waals surface area contributed by atoms with Crippen molar-refractivity contribution in [1.29, 1.82) is 0 Å². The summed E-state index contributed by atoms with van der Waals surface area (Å²) in [5.74, 6) is -1.32. The second kappa shape index (κ2) is 9.75. The third-order valence-electron chi connectivity index (χ3n) is 5.23. The molecule has 4 nitrogen and oxygen atoms in total. The van der Waals surface area contributed by atoms with Crippen LogP contribution in [0.4, 0.5) is 8.78 Å². The van der Waals surface area contributed by atoms with Gasteiger partial charge in [0.1, 0.15) is 11.6 Å². The highest BCUT2D eigenvalue weighted by Gasteiger charge is 2.33. The highest BCUT2D eigenvalue weighted by Crippen LogP contribution is 2.35. The number of likely N-dealkylation sites (tertiary alicyclic amines) is 1. The number of hydrogen-bond donors (Lipinski definition) is 1. The van der Waals surface area contributed by atoms with E-state index in [-0.39, 0.29) is 17.9 Å². The minimum atomic E-state index is -0.588. The molecule has 6 heteroatoms. The number of piperidine rings is 1. The van der Waals surface area contributed by atoms with Crippen LogP contribution in [0.2, 0.25) is 0 Å². The van der Waals surface area contributed by atoms with Crippen molar-refractivity contribution < 1.29 is 18.3 Å². The van der Waals surface area contributed by atoms with Gasteiger partial charge in [0.05, 0.1) is 12.5 Å². The van der Waals surface area contributed by atoms with Gasteiger partial charge >= 0.3 is 0 Å². The quantitative estimate of drug-likeness (QED) is 0.736. The number of carbonyl (C=O) groups is 1. The first-order valence-corrected chi connectivity index (χ1v) is 9.58. The average Bonchev–Trinajstić information content (AvgIpc) is 2.71. The van der Waals surface area contributed by atoms with E-state index < -0.39 is 11.6 Å². The van der Waals surface area contributed by atoms with Crippen LogP contribution in [-0.2, 0) is 16.1 Å². The predicted octanol–water partition coefficient (Wildman–Crippen LogP) is 3.68. The number of methoxy groups -OCH3 is 1. The van der Waals surface area contributed by atoms with Crippen molar-refractivity contribution in [3.63, 3.8) is 0 Å². The van der Waals surface area contributed by atoms with E-state index in [1.807, 2.05) is 18.2 Å². The zero-order chi connectivity index (χ0) is 19.9. The number of amides is 1. The van der Waals surface area contributed by atoms with E-state index in [0.29, 0.717) is 31.8 Å². The normalized spacial score (nSPS) is 20.1. The lowest BCUT2D eigenvalue weighted by Crippen LogP contribution is -2.44. The summed E-state index contributed by atoms with van der Waals surface area (Å²) in [7, 11) is 1.59. The Balaban J connectivity index is 1.77. The first kappa shape index (κ1) is 20.4. The lowest BCUT2D eigenvalue weighted by Gasteiger charge is -2.39. The maximum absolute atomic E-state index is 14.2. The van der Waals surface area contributed by atoms with Gasteiger partial charge < -0.3 is 10.1 Å². The largest absolute Gasteiger partial charge is 0.383 e. The van der Waals surface area contributed by atoms with Crippen molar-refractivity contribution >= 4 is 5.91 Å². The maximum atomic E-state index is 14.2. The van der Waals surface area contributed by atoms with Crippen LogP contribution in [0.25, 0.3) is 0 Å². The molecule has 2 aromatic rings. The fraction of sp³-hybridized carbons (Fsp3) is 0.409. The molecule has 28 heavy (non-hydrogen) atoms. The predicted molar refractivity (Wildman–Crippen MR) is 104 cm³/mol. The number of rotatable bonds is 7. The molecule has 0 aromatic heterocycles. The van der Waals surface area contributed by atoms with Crippen LogP contribution in [0.3, 0.4) is 0 Å². The zero-order valence-electron chi connectivity index (χ0n) is 16.0. The van der Waals surface area contributed by atoms with E-state index >= 15 is 0 Å². The van der Waals surface area contributed by atoms with Gasteiger partial charge in [0.25, 0.3) is 0 Å². The molecule has 0 saturated carbocycles. The fourth-order valence-corrected chi connectivity index (χ4v) is 3.77. The first-order chi connectivity index (χ1) is 13.6. The van der Waals surface area contributed by atoms with Crippen molar-refractivity contribution in [2.24, 2.45) is 5.92 Å². The van der Waals surface area contributed by atoms with Gasteiger partial charge in [-0.25, -0.2) is 8.78 Å². The molecule has 1 heterocycles. The molecule has 150 valence electrons. The number of hydrogen-bond acceptors (Lipinski definition) is 3. The molecule has 2 atom stereocenters. The van der Waals surface area contributed by atoms with E-state index in [1.165, 1.54) is 12.1 Å². The molecule has 3 rings (SSSR count). The monoisotopic (exact) mass is 388 g/mol. The second-order valence-electron chi connectivity index (χ2n) is 7.15. The van der Waals surface area contributed by atoms with Gasteiger partial charge in [0, 0.05) is 44.4 Å². The Hall–Kier alpha value is -2.31. The summed E-state index contributed by atoms with van der Waals surface area (Å²) in [5.41, 5.74) is 1.58. The van der Waals surface area contributed by atoms with Crippen molar-refractivity contribution in [3.05, 3.63) is 71.3 Å². The number of carbonyl (C=O) groups excluding carboxylic acids is 1. The summed E-state index contributed by atoms with van der Waals surface area (Å²) in [5, 5.41) is 2.90. The third kappa shape index (κ3) is 5.14. The molecular weight excluding hydrogens is 362 g/mol. The second-order valence-corrected chi connectivity index (χ2v) is 7.15. The Morgan fingerprint density at radius 1 is 1.18 bits per heavy atom. The molecule has 2 aromatic carbocycles. The Morgan fingerprint density at radius 3 is 2.68 bits per heavy atom. The summed E-state index contributed by atoms with van der Waals surface area (Å²) in [6.07, 6.45) is 1.57. The van der Waals surface area contributed by atoms with Gasteiger partial charge in [-0.3, -0.25) is 9.69 Å². The summed E-state index contributed by atoms with van der Waals surface area (Å²) in [6.45, 7) is 1.79. The van der Waals surface area contributed by atoms with E-state index in [0.717, 1.165) is 24.5 Å². The molecule has 0 aliphatic carbocycles. The highest BCUT2D eigenvalue weighted by molar-refractivity contribution is 5.79. The lowest BCUT2D eigenvalue weighted by molar-refractivity contribution is -0.127. The minimum absolute atomic E-state index is 0.00635. The topological polar surface area (TPSA) is 41.6 Å². The minimum Gasteiger partial charge on any atom is -0.383 e. The highest BCUT2D eigenvalue weighted by atomic mass is 19.1. The average molecular weight is 388 g/mol. The standard InChI is InChI=1S/C22H26F2N2O2/c1-28-12-11-25-22(27)18-8-10-21(16-5-3-2-4-6-16)26(15-18)14-17-7-9-19(23)13-20(17)24/h2-7,9,13,18,21H,8,10-12,14-15H2,1H3,(H,25,27). The number of nitrogens with one attached hydrogen (secondary N) is 1. The van der Waals surface area contributed by atoms with Crippen molar-refractivity contribution in [3.8, 4) is 0 Å². The zero-order valence-corrected chi connectivity index (χ0v) is 16.0. The van der Waals surface area contributed by atoms with Gasteiger partial charge in [-0.15, -0.1) is 0 Å². The summed E-state index contributed by atoms with van der Waals surface area (Å²) < 4.78 is 32.5. The number of ether oxygens (including phenoxy) is 1. The Labute approximate surface area is 164 Å². The number of halogens is 2. The summed E-state index contributed by atoms with van der Waals surface area (Å²) in [6, 6.07) is 13.8.